The molecule has 0 radical (unpaired) electrons. The lowest BCUT2D eigenvalue weighted by Gasteiger charge is -2.12. The summed E-state index contributed by atoms with van der Waals surface area (Å²) in [4.78, 5) is 20.0. The summed E-state index contributed by atoms with van der Waals surface area (Å²) in [5.74, 6) is 0.491. The first kappa shape index (κ1) is 18.7. The van der Waals surface area contributed by atoms with E-state index in [1.54, 1.807) is 19.3 Å². The van der Waals surface area contributed by atoms with Gasteiger partial charge in [-0.25, -0.2) is 4.98 Å². The van der Waals surface area contributed by atoms with Crippen LogP contribution in [0.25, 0.3) is 0 Å². The molecule has 6 nitrogen and oxygen atoms in total. The first-order valence-corrected chi connectivity index (χ1v) is 8.41. The SMILES string of the molecule is CN=C(NCCc1ccc(Cl)nc1)NCC(=O)NCc1ccccc1. The Labute approximate surface area is 152 Å². The minimum atomic E-state index is -0.0892. The molecule has 132 valence electrons. The zero-order valence-electron chi connectivity index (χ0n) is 14.1. The predicted octanol–water partition coefficient (Wildman–Crippen LogP) is 1.76. The van der Waals surface area contributed by atoms with Crippen molar-refractivity contribution in [2.45, 2.75) is 13.0 Å². The van der Waals surface area contributed by atoms with E-state index in [-0.39, 0.29) is 12.5 Å². The molecule has 7 heteroatoms. The van der Waals surface area contributed by atoms with Crippen molar-refractivity contribution in [2.24, 2.45) is 4.99 Å². The molecule has 0 bridgehead atoms. The highest BCUT2D eigenvalue weighted by molar-refractivity contribution is 6.29. The molecule has 0 atom stereocenters. The van der Waals surface area contributed by atoms with Crippen LogP contribution in [-0.4, -0.2) is 37.0 Å². The van der Waals surface area contributed by atoms with E-state index < -0.39 is 0 Å². The molecule has 0 fully saturated rings. The molecule has 1 amide bonds. The summed E-state index contributed by atoms with van der Waals surface area (Å²) >= 11 is 5.76. The zero-order chi connectivity index (χ0) is 17.9. The van der Waals surface area contributed by atoms with E-state index in [0.717, 1.165) is 17.5 Å². The third-order valence-electron chi connectivity index (χ3n) is 3.47. The normalized spacial score (nSPS) is 11.0. The summed E-state index contributed by atoms with van der Waals surface area (Å²) in [7, 11) is 1.67. The number of hydrogen-bond donors (Lipinski definition) is 3. The molecule has 0 aliphatic heterocycles. The zero-order valence-corrected chi connectivity index (χ0v) is 14.9. The van der Waals surface area contributed by atoms with Crippen LogP contribution in [0.5, 0.6) is 0 Å². The second-order valence-electron chi connectivity index (χ2n) is 5.35. The highest BCUT2D eigenvalue weighted by Gasteiger charge is 2.03. The van der Waals surface area contributed by atoms with Crippen molar-refractivity contribution >= 4 is 23.5 Å². The number of nitrogens with one attached hydrogen (secondary N) is 3. The second-order valence-corrected chi connectivity index (χ2v) is 5.74. The lowest BCUT2D eigenvalue weighted by molar-refractivity contribution is -0.120. The Hall–Kier alpha value is -2.60. The number of guanidine groups is 1. The second kappa shape index (κ2) is 10.3. The number of amides is 1. The molecule has 0 saturated heterocycles. The monoisotopic (exact) mass is 359 g/mol. The van der Waals surface area contributed by atoms with Crippen LogP contribution in [0.15, 0.2) is 53.7 Å². The molecule has 0 saturated carbocycles. The van der Waals surface area contributed by atoms with Crippen LogP contribution >= 0.6 is 11.6 Å². The van der Waals surface area contributed by atoms with Gasteiger partial charge in [0.15, 0.2) is 5.96 Å². The molecule has 1 aromatic heterocycles. The molecule has 1 heterocycles. The van der Waals surface area contributed by atoms with Gasteiger partial charge >= 0.3 is 0 Å². The molecule has 2 rings (SSSR count). The van der Waals surface area contributed by atoms with Gasteiger partial charge in [0.2, 0.25) is 5.91 Å². The third kappa shape index (κ3) is 7.22. The number of pyridine rings is 1. The van der Waals surface area contributed by atoms with Crippen LogP contribution in [0.1, 0.15) is 11.1 Å². The highest BCUT2D eigenvalue weighted by Crippen LogP contribution is 2.05. The maximum absolute atomic E-state index is 11.9. The molecule has 3 N–H and O–H groups in total. The number of halogens is 1. The van der Waals surface area contributed by atoms with Crippen molar-refractivity contribution in [1.29, 1.82) is 0 Å². The summed E-state index contributed by atoms with van der Waals surface area (Å²) in [6, 6.07) is 13.5. The summed E-state index contributed by atoms with van der Waals surface area (Å²) in [5.41, 5.74) is 2.14. The van der Waals surface area contributed by atoms with Gasteiger partial charge in [-0.05, 0) is 23.6 Å². The van der Waals surface area contributed by atoms with Crippen molar-refractivity contribution < 1.29 is 4.79 Å². The van der Waals surface area contributed by atoms with Crippen LogP contribution < -0.4 is 16.0 Å². The Balaban J connectivity index is 1.65. The Morgan fingerprint density at radius 3 is 2.56 bits per heavy atom. The lowest BCUT2D eigenvalue weighted by atomic mass is 10.2. The Kier molecular flexibility index (Phi) is 7.72. The number of benzene rings is 1. The van der Waals surface area contributed by atoms with Crippen LogP contribution in [0.2, 0.25) is 5.15 Å². The van der Waals surface area contributed by atoms with Gasteiger partial charge in [-0.2, -0.15) is 0 Å². The first-order chi connectivity index (χ1) is 12.2. The molecule has 0 aliphatic carbocycles. The number of rotatable bonds is 7. The summed E-state index contributed by atoms with van der Waals surface area (Å²) in [6.07, 6.45) is 2.53. The number of nitrogens with zero attached hydrogens (tertiary/aromatic N) is 2. The average Bonchev–Trinajstić information content (AvgIpc) is 2.65. The van der Waals surface area contributed by atoms with Gasteiger partial charge in [-0.1, -0.05) is 48.0 Å². The Morgan fingerprint density at radius 2 is 1.88 bits per heavy atom. The lowest BCUT2D eigenvalue weighted by Crippen LogP contribution is -2.43. The van der Waals surface area contributed by atoms with E-state index in [1.165, 1.54) is 0 Å². The maximum Gasteiger partial charge on any atom is 0.239 e. The van der Waals surface area contributed by atoms with E-state index in [1.807, 2.05) is 36.4 Å². The smallest absolute Gasteiger partial charge is 0.239 e. The maximum atomic E-state index is 11.9. The first-order valence-electron chi connectivity index (χ1n) is 8.03. The topological polar surface area (TPSA) is 78.4 Å². The van der Waals surface area contributed by atoms with Crippen molar-refractivity contribution in [3.05, 3.63) is 64.9 Å². The van der Waals surface area contributed by atoms with E-state index in [2.05, 4.69) is 25.9 Å². The number of hydrogen-bond acceptors (Lipinski definition) is 3. The van der Waals surface area contributed by atoms with Gasteiger partial charge in [-0.3, -0.25) is 9.79 Å². The van der Waals surface area contributed by atoms with Gasteiger partial charge in [-0.15, -0.1) is 0 Å². The van der Waals surface area contributed by atoms with Crippen molar-refractivity contribution in [3.63, 3.8) is 0 Å². The van der Waals surface area contributed by atoms with Crippen molar-refractivity contribution in [2.75, 3.05) is 20.1 Å². The average molecular weight is 360 g/mol. The van der Waals surface area contributed by atoms with Gasteiger partial charge in [0.25, 0.3) is 0 Å². The summed E-state index contributed by atoms with van der Waals surface area (Å²) < 4.78 is 0. The Bertz CT molecular complexity index is 688. The number of carbonyl (C=O) groups excluding carboxylic acids is 1. The van der Waals surface area contributed by atoms with E-state index in [0.29, 0.717) is 24.2 Å². The van der Waals surface area contributed by atoms with Gasteiger partial charge < -0.3 is 16.0 Å². The van der Waals surface area contributed by atoms with Gasteiger partial charge in [0, 0.05) is 26.3 Å². The fourth-order valence-electron chi connectivity index (χ4n) is 2.12. The molecule has 0 spiro atoms. The van der Waals surface area contributed by atoms with Gasteiger partial charge in [0.1, 0.15) is 5.15 Å². The van der Waals surface area contributed by atoms with Crippen LogP contribution in [0.4, 0.5) is 0 Å². The molecule has 0 aliphatic rings. The van der Waals surface area contributed by atoms with E-state index in [9.17, 15) is 4.79 Å². The molecule has 2 aromatic rings. The minimum Gasteiger partial charge on any atom is -0.356 e. The quantitative estimate of drug-likeness (QED) is 0.400. The Morgan fingerprint density at radius 1 is 1.08 bits per heavy atom. The fourth-order valence-corrected chi connectivity index (χ4v) is 2.23. The molecular formula is C18H22ClN5O. The minimum absolute atomic E-state index is 0.0892. The van der Waals surface area contributed by atoms with Crippen LogP contribution in [-0.2, 0) is 17.8 Å². The van der Waals surface area contributed by atoms with Crippen molar-refractivity contribution in [1.82, 2.24) is 20.9 Å². The van der Waals surface area contributed by atoms with Gasteiger partial charge in [0.05, 0.1) is 6.54 Å². The molecular weight excluding hydrogens is 338 g/mol. The van der Waals surface area contributed by atoms with E-state index in [4.69, 9.17) is 11.6 Å². The number of aromatic nitrogens is 1. The fraction of sp³-hybridized carbons (Fsp3) is 0.278. The number of aliphatic imine (C=N–C) groups is 1. The predicted molar refractivity (Wildman–Crippen MR) is 101 cm³/mol. The summed E-state index contributed by atoms with van der Waals surface area (Å²) in [6.45, 7) is 1.35. The standard InChI is InChI=1S/C18H22ClN5O/c1-20-18(21-10-9-15-7-8-16(19)22-11-15)24-13-17(25)23-12-14-5-3-2-4-6-14/h2-8,11H,9-10,12-13H2,1H3,(H,23,25)(H2,20,21,24). The van der Waals surface area contributed by atoms with Crippen molar-refractivity contribution in [3.8, 4) is 0 Å². The summed E-state index contributed by atoms with van der Waals surface area (Å²) in [5, 5.41) is 9.49. The van der Waals surface area contributed by atoms with Crippen LogP contribution in [0.3, 0.4) is 0 Å². The molecule has 1 aromatic carbocycles. The largest absolute Gasteiger partial charge is 0.356 e. The molecule has 25 heavy (non-hydrogen) atoms. The van der Waals surface area contributed by atoms with E-state index >= 15 is 0 Å². The number of carbonyl (C=O) groups is 1. The highest BCUT2D eigenvalue weighted by atomic mass is 35.5. The molecule has 0 unspecified atom stereocenters. The van der Waals surface area contributed by atoms with Crippen LogP contribution in [0, 0.1) is 0 Å². The third-order valence-corrected chi connectivity index (χ3v) is 3.69.